The zero-order valence-electron chi connectivity index (χ0n) is 23.7. The number of pyridine rings is 1. The third-order valence-electron chi connectivity index (χ3n) is 8.64. The Kier molecular flexibility index (Phi) is 9.20. The van der Waals surface area contributed by atoms with Crippen LogP contribution in [0, 0.1) is 11.8 Å². The largest absolute Gasteiger partial charge is 0.412 e. The van der Waals surface area contributed by atoms with Crippen molar-refractivity contribution in [3.8, 4) is 0 Å². The molecule has 2 atom stereocenters. The fourth-order valence-electron chi connectivity index (χ4n) is 5.63. The van der Waals surface area contributed by atoms with Crippen molar-refractivity contribution >= 4 is 45.0 Å². The van der Waals surface area contributed by atoms with Crippen LogP contribution in [0.15, 0.2) is 42.5 Å². The molecule has 4 N–H and O–H groups in total. The van der Waals surface area contributed by atoms with Crippen LogP contribution in [0.1, 0.15) is 53.4 Å². The summed E-state index contributed by atoms with van der Waals surface area (Å²) in [7, 11) is 0. The lowest BCUT2D eigenvalue weighted by Gasteiger charge is -2.34. The number of fused-ring (bicyclic) bond motifs is 2. The lowest BCUT2D eigenvalue weighted by Crippen LogP contribution is -2.45. The number of nitrogens with zero attached hydrogens (tertiary/aromatic N) is 3. The summed E-state index contributed by atoms with van der Waals surface area (Å²) >= 11 is 0. The minimum absolute atomic E-state index is 0. The minimum atomic E-state index is -0.162. The SMILES string of the molecule is CC1CCN(C(C)C(=O)Nc2ccc3cc4ccc(NC(=O)C(C)N5CCC(C)CC5)cc4nc3c2)CC1.O. The summed E-state index contributed by atoms with van der Waals surface area (Å²) in [5.74, 6) is 1.50. The fraction of sp³-hybridized carbons (Fsp3) is 0.516. The first-order valence-corrected chi connectivity index (χ1v) is 14.2. The zero-order valence-corrected chi connectivity index (χ0v) is 23.7. The highest BCUT2D eigenvalue weighted by molar-refractivity contribution is 6.00. The Hall–Kier alpha value is -3.07. The summed E-state index contributed by atoms with van der Waals surface area (Å²) in [4.78, 5) is 35.3. The van der Waals surface area contributed by atoms with Gasteiger partial charge in [-0.15, -0.1) is 0 Å². The summed E-state index contributed by atoms with van der Waals surface area (Å²) < 4.78 is 0. The molecule has 3 aromatic rings. The average molecular weight is 534 g/mol. The first-order valence-electron chi connectivity index (χ1n) is 14.2. The predicted molar refractivity (Wildman–Crippen MR) is 159 cm³/mol. The second kappa shape index (κ2) is 12.4. The van der Waals surface area contributed by atoms with Gasteiger partial charge in [-0.25, -0.2) is 4.98 Å². The molecule has 1 aromatic heterocycles. The van der Waals surface area contributed by atoms with E-state index in [1.165, 1.54) is 0 Å². The van der Waals surface area contributed by atoms with Crippen LogP contribution >= 0.6 is 0 Å². The van der Waals surface area contributed by atoms with Crippen LogP contribution in [-0.2, 0) is 9.59 Å². The molecule has 0 aliphatic carbocycles. The van der Waals surface area contributed by atoms with E-state index in [0.29, 0.717) is 0 Å². The lowest BCUT2D eigenvalue weighted by molar-refractivity contribution is -0.122. The van der Waals surface area contributed by atoms with E-state index in [1.54, 1.807) is 0 Å². The molecule has 2 aromatic carbocycles. The molecular formula is C31H43N5O3. The third-order valence-corrected chi connectivity index (χ3v) is 8.64. The van der Waals surface area contributed by atoms with Crippen molar-refractivity contribution in [1.82, 2.24) is 14.8 Å². The van der Waals surface area contributed by atoms with Crippen LogP contribution in [0.3, 0.4) is 0 Å². The van der Waals surface area contributed by atoms with Gasteiger partial charge in [-0.2, -0.15) is 0 Å². The fourth-order valence-corrected chi connectivity index (χ4v) is 5.63. The van der Waals surface area contributed by atoms with E-state index in [-0.39, 0.29) is 29.4 Å². The molecule has 2 saturated heterocycles. The van der Waals surface area contributed by atoms with E-state index >= 15 is 0 Å². The molecule has 8 heteroatoms. The van der Waals surface area contributed by atoms with Gasteiger partial charge in [0.15, 0.2) is 0 Å². The maximum atomic E-state index is 13.0. The van der Waals surface area contributed by atoms with Gasteiger partial charge >= 0.3 is 0 Å². The number of carbonyl (C=O) groups excluding carboxylic acids is 2. The number of amides is 2. The molecule has 2 unspecified atom stereocenters. The maximum Gasteiger partial charge on any atom is 0.241 e. The number of hydrogen-bond acceptors (Lipinski definition) is 5. The number of likely N-dealkylation sites (tertiary alicyclic amines) is 2. The van der Waals surface area contributed by atoms with Gasteiger partial charge in [0, 0.05) is 22.1 Å². The van der Waals surface area contributed by atoms with Crippen LogP contribution in [0.4, 0.5) is 11.4 Å². The summed E-state index contributed by atoms with van der Waals surface area (Å²) in [5, 5.41) is 8.21. The van der Waals surface area contributed by atoms with Gasteiger partial charge < -0.3 is 16.1 Å². The Labute approximate surface area is 231 Å². The molecular weight excluding hydrogens is 490 g/mol. The second-order valence-corrected chi connectivity index (χ2v) is 11.6. The molecule has 2 amide bonds. The predicted octanol–water partition coefficient (Wildman–Crippen LogP) is 4.68. The number of carbonyl (C=O) groups is 2. The third kappa shape index (κ3) is 6.75. The Morgan fingerprint density at radius 3 is 1.49 bits per heavy atom. The summed E-state index contributed by atoms with van der Waals surface area (Å²) in [6, 6.07) is 13.5. The molecule has 5 rings (SSSR count). The van der Waals surface area contributed by atoms with Crippen LogP contribution in [0.2, 0.25) is 0 Å². The van der Waals surface area contributed by atoms with E-state index in [4.69, 9.17) is 4.98 Å². The molecule has 39 heavy (non-hydrogen) atoms. The minimum Gasteiger partial charge on any atom is -0.412 e. The van der Waals surface area contributed by atoms with E-state index in [9.17, 15) is 9.59 Å². The van der Waals surface area contributed by atoms with Gasteiger partial charge in [-0.1, -0.05) is 26.0 Å². The highest BCUT2D eigenvalue weighted by atomic mass is 16.2. The van der Waals surface area contributed by atoms with Crippen molar-refractivity contribution in [2.24, 2.45) is 11.8 Å². The molecule has 0 saturated carbocycles. The first kappa shape index (κ1) is 28.9. The van der Waals surface area contributed by atoms with Crippen LogP contribution in [-0.4, -0.2) is 70.3 Å². The Balaban J connectivity index is 0.00000353. The van der Waals surface area contributed by atoms with Crippen molar-refractivity contribution in [3.63, 3.8) is 0 Å². The summed E-state index contributed by atoms with van der Waals surface area (Å²) in [6.45, 7) is 12.4. The van der Waals surface area contributed by atoms with Crippen molar-refractivity contribution < 1.29 is 15.1 Å². The second-order valence-electron chi connectivity index (χ2n) is 11.6. The standard InChI is InChI=1S/C31H41N5O2.H2O/c1-20-9-13-35(14-10-20)22(3)30(37)32-26-7-5-24-17-25-6-8-27(19-29(25)34-28(24)18-26)33-31(38)23(4)36-15-11-21(2)12-16-36;/h5-8,17-23H,9-16H2,1-4H3,(H,32,37)(H,33,38);1H2. The number of anilines is 2. The maximum absolute atomic E-state index is 13.0. The quantitative estimate of drug-likeness (QED) is 0.447. The normalized spacial score (nSPS) is 19.4. The van der Waals surface area contributed by atoms with Crippen LogP contribution in [0.5, 0.6) is 0 Å². The smallest absolute Gasteiger partial charge is 0.241 e. The van der Waals surface area contributed by atoms with Crippen molar-refractivity contribution in [2.45, 2.75) is 65.5 Å². The lowest BCUT2D eigenvalue weighted by atomic mass is 9.98. The molecule has 0 spiro atoms. The van der Waals surface area contributed by atoms with E-state index in [0.717, 1.165) is 96.9 Å². The molecule has 0 bridgehead atoms. The first-order chi connectivity index (χ1) is 18.3. The van der Waals surface area contributed by atoms with Crippen LogP contribution < -0.4 is 10.6 Å². The number of aromatic nitrogens is 1. The Morgan fingerprint density at radius 2 is 1.10 bits per heavy atom. The highest BCUT2D eigenvalue weighted by Gasteiger charge is 2.26. The average Bonchev–Trinajstić information content (AvgIpc) is 2.92. The molecule has 0 radical (unpaired) electrons. The van der Waals surface area contributed by atoms with Gasteiger partial charge in [-0.05, 0) is 108 Å². The van der Waals surface area contributed by atoms with Gasteiger partial charge in [0.25, 0.3) is 0 Å². The van der Waals surface area contributed by atoms with Crippen molar-refractivity contribution in [1.29, 1.82) is 0 Å². The number of hydrogen-bond donors (Lipinski definition) is 2. The number of rotatable bonds is 6. The molecule has 3 heterocycles. The summed E-state index contributed by atoms with van der Waals surface area (Å²) in [5.41, 5.74) is 3.13. The molecule has 2 fully saturated rings. The van der Waals surface area contributed by atoms with E-state index < -0.39 is 0 Å². The van der Waals surface area contributed by atoms with Crippen molar-refractivity contribution in [3.05, 3.63) is 42.5 Å². The topological polar surface area (TPSA) is 109 Å². The highest BCUT2D eigenvalue weighted by Crippen LogP contribution is 2.26. The zero-order chi connectivity index (χ0) is 26.8. The molecule has 210 valence electrons. The van der Waals surface area contributed by atoms with E-state index in [2.05, 4.69) is 40.3 Å². The number of piperidine rings is 2. The molecule has 8 nitrogen and oxygen atoms in total. The number of nitrogens with one attached hydrogen (secondary N) is 2. The van der Waals surface area contributed by atoms with Crippen LogP contribution in [0.25, 0.3) is 21.8 Å². The number of benzene rings is 2. The Bertz CT molecular complexity index is 1220. The molecule has 2 aliphatic heterocycles. The van der Waals surface area contributed by atoms with Gasteiger partial charge in [0.1, 0.15) is 0 Å². The summed E-state index contributed by atoms with van der Waals surface area (Å²) in [6.07, 6.45) is 4.57. The monoisotopic (exact) mass is 533 g/mol. The van der Waals surface area contributed by atoms with Gasteiger partial charge in [-0.3, -0.25) is 19.4 Å². The van der Waals surface area contributed by atoms with Crippen molar-refractivity contribution in [2.75, 3.05) is 36.8 Å². The van der Waals surface area contributed by atoms with E-state index in [1.807, 2.05) is 50.2 Å². The molecule has 2 aliphatic rings. The van der Waals surface area contributed by atoms with Gasteiger partial charge in [0.05, 0.1) is 23.1 Å². The Morgan fingerprint density at radius 1 is 0.718 bits per heavy atom. The van der Waals surface area contributed by atoms with Gasteiger partial charge in [0.2, 0.25) is 11.8 Å².